The Morgan fingerprint density at radius 1 is 1.03 bits per heavy atom. The van der Waals surface area contributed by atoms with Gasteiger partial charge in [0.15, 0.2) is 0 Å². The molecule has 0 radical (unpaired) electrons. The summed E-state index contributed by atoms with van der Waals surface area (Å²) in [4.78, 5) is 27.0. The molecule has 1 amide bonds. The zero-order chi connectivity index (χ0) is 26.7. The zero-order valence-electron chi connectivity index (χ0n) is 21.4. The molecule has 0 atom stereocenters. The van der Waals surface area contributed by atoms with E-state index in [0.29, 0.717) is 18.2 Å². The standard InChI is InChI=1S/C28H32F3N5O2/c1-19-24-18-21(33-26(37)11-6-20-4-8-23(9-5-20)38-28(29,30)31)7-10-25(24)34-27(32-19)36-16-12-22(13-17-36)35-14-2-3-15-35/h4-5,7-10,18,22H,2-3,6,11-17H2,1H3,(H,33,37). The summed E-state index contributed by atoms with van der Waals surface area (Å²) in [5.41, 5.74) is 3.11. The minimum absolute atomic E-state index is 0.184. The van der Waals surface area contributed by atoms with E-state index in [1.54, 1.807) is 0 Å². The molecule has 1 aromatic heterocycles. The van der Waals surface area contributed by atoms with Gasteiger partial charge in [-0.1, -0.05) is 12.1 Å². The van der Waals surface area contributed by atoms with Gasteiger partial charge in [0, 0.05) is 36.6 Å². The summed E-state index contributed by atoms with van der Waals surface area (Å²) in [6, 6.07) is 11.8. The van der Waals surface area contributed by atoms with Crippen LogP contribution in [0.3, 0.4) is 0 Å². The molecule has 0 spiro atoms. The largest absolute Gasteiger partial charge is 0.573 e. The fourth-order valence-electron chi connectivity index (χ4n) is 5.36. The molecule has 38 heavy (non-hydrogen) atoms. The number of nitrogens with zero attached hydrogens (tertiary/aromatic N) is 4. The summed E-state index contributed by atoms with van der Waals surface area (Å²) in [6.45, 7) is 6.32. The smallest absolute Gasteiger partial charge is 0.406 e. The van der Waals surface area contributed by atoms with Gasteiger partial charge in [-0.2, -0.15) is 0 Å². The Kier molecular flexibility index (Phi) is 7.69. The molecule has 2 fully saturated rings. The molecule has 3 heterocycles. The fraction of sp³-hybridized carbons (Fsp3) is 0.464. The van der Waals surface area contributed by atoms with E-state index in [-0.39, 0.29) is 18.1 Å². The molecule has 0 saturated carbocycles. The molecule has 10 heteroatoms. The molecule has 0 unspecified atom stereocenters. The van der Waals surface area contributed by atoms with E-state index in [4.69, 9.17) is 9.97 Å². The van der Waals surface area contributed by atoms with Gasteiger partial charge in [-0.3, -0.25) is 4.79 Å². The van der Waals surface area contributed by atoms with Crippen LogP contribution in [0.25, 0.3) is 10.9 Å². The average molecular weight is 528 g/mol. The molecule has 0 aliphatic carbocycles. The number of rotatable bonds is 7. The first kappa shape index (κ1) is 26.2. The number of aryl methyl sites for hydroxylation is 2. The summed E-state index contributed by atoms with van der Waals surface area (Å²) in [7, 11) is 0. The Bertz CT molecular complexity index is 1270. The maximum Gasteiger partial charge on any atom is 0.573 e. The molecule has 2 aliphatic heterocycles. The molecule has 2 aromatic carbocycles. The van der Waals surface area contributed by atoms with E-state index >= 15 is 0 Å². The number of anilines is 2. The summed E-state index contributed by atoms with van der Waals surface area (Å²) in [6.07, 6.45) is 0.760. The van der Waals surface area contributed by atoms with Crippen LogP contribution >= 0.6 is 0 Å². The second kappa shape index (κ2) is 11.1. The Morgan fingerprint density at radius 2 is 1.74 bits per heavy atom. The number of halogens is 3. The number of likely N-dealkylation sites (tertiary alicyclic amines) is 1. The van der Waals surface area contributed by atoms with Crippen molar-refractivity contribution in [1.29, 1.82) is 0 Å². The van der Waals surface area contributed by atoms with Gasteiger partial charge in [0.25, 0.3) is 0 Å². The summed E-state index contributed by atoms with van der Waals surface area (Å²) >= 11 is 0. The second-order valence-corrected chi connectivity index (χ2v) is 10.0. The number of fused-ring (bicyclic) bond motifs is 1. The second-order valence-electron chi connectivity index (χ2n) is 10.0. The fourth-order valence-corrected chi connectivity index (χ4v) is 5.36. The number of hydrogen-bond acceptors (Lipinski definition) is 6. The van der Waals surface area contributed by atoms with Gasteiger partial charge in [-0.15, -0.1) is 13.2 Å². The van der Waals surface area contributed by atoms with Gasteiger partial charge in [-0.05, 0) is 88.0 Å². The molecule has 1 N–H and O–H groups in total. The number of hydrogen-bond donors (Lipinski definition) is 1. The average Bonchev–Trinajstić information content (AvgIpc) is 3.43. The van der Waals surface area contributed by atoms with Crippen LogP contribution in [0.2, 0.25) is 0 Å². The van der Waals surface area contributed by atoms with Crippen molar-refractivity contribution >= 4 is 28.4 Å². The number of aromatic nitrogens is 2. The van der Waals surface area contributed by atoms with Crippen LogP contribution < -0.4 is 15.0 Å². The van der Waals surface area contributed by atoms with Gasteiger partial charge in [-0.25, -0.2) is 9.97 Å². The third kappa shape index (κ3) is 6.53. The van der Waals surface area contributed by atoms with Crippen LogP contribution in [0, 0.1) is 6.92 Å². The van der Waals surface area contributed by atoms with Crippen LogP contribution in [-0.2, 0) is 11.2 Å². The Morgan fingerprint density at radius 3 is 2.42 bits per heavy atom. The molecule has 0 bridgehead atoms. The van der Waals surface area contributed by atoms with Crippen molar-refractivity contribution in [3.8, 4) is 5.75 Å². The van der Waals surface area contributed by atoms with Crippen molar-refractivity contribution in [2.45, 2.75) is 57.9 Å². The maximum atomic E-state index is 12.5. The SMILES string of the molecule is Cc1nc(N2CCC(N3CCCC3)CC2)nc2ccc(NC(=O)CCc3ccc(OC(F)(F)F)cc3)cc12. The van der Waals surface area contributed by atoms with Gasteiger partial charge >= 0.3 is 6.36 Å². The van der Waals surface area contributed by atoms with Crippen LogP contribution in [0.5, 0.6) is 5.75 Å². The lowest BCUT2D eigenvalue weighted by atomic mass is 10.0. The highest BCUT2D eigenvalue weighted by Crippen LogP contribution is 2.27. The van der Waals surface area contributed by atoms with E-state index in [9.17, 15) is 18.0 Å². The number of ether oxygens (including phenoxy) is 1. The first-order chi connectivity index (χ1) is 18.2. The van der Waals surface area contributed by atoms with Crippen molar-refractivity contribution in [3.05, 3.63) is 53.7 Å². The molecule has 202 valence electrons. The van der Waals surface area contributed by atoms with Crippen LogP contribution in [0.1, 0.15) is 43.4 Å². The lowest BCUT2D eigenvalue weighted by Gasteiger charge is -2.36. The van der Waals surface area contributed by atoms with Crippen LogP contribution in [-0.4, -0.2) is 59.4 Å². The number of piperidine rings is 1. The quantitative estimate of drug-likeness (QED) is 0.439. The van der Waals surface area contributed by atoms with Crippen molar-refractivity contribution in [2.75, 3.05) is 36.4 Å². The summed E-state index contributed by atoms with van der Waals surface area (Å²) in [5.74, 6) is 0.295. The number of carbonyl (C=O) groups is 1. The van der Waals surface area contributed by atoms with E-state index in [0.717, 1.165) is 54.0 Å². The lowest BCUT2D eigenvalue weighted by molar-refractivity contribution is -0.274. The van der Waals surface area contributed by atoms with E-state index < -0.39 is 6.36 Å². The van der Waals surface area contributed by atoms with Crippen molar-refractivity contribution in [2.24, 2.45) is 0 Å². The van der Waals surface area contributed by atoms with E-state index in [1.165, 1.54) is 50.2 Å². The summed E-state index contributed by atoms with van der Waals surface area (Å²) in [5, 5.41) is 3.79. The van der Waals surface area contributed by atoms with Crippen molar-refractivity contribution in [3.63, 3.8) is 0 Å². The Labute approximate surface area is 220 Å². The molecule has 2 saturated heterocycles. The lowest BCUT2D eigenvalue weighted by Crippen LogP contribution is -2.44. The minimum Gasteiger partial charge on any atom is -0.406 e. The van der Waals surface area contributed by atoms with Crippen molar-refractivity contribution < 1.29 is 22.7 Å². The first-order valence-corrected chi connectivity index (χ1v) is 13.2. The molecular formula is C28H32F3N5O2. The predicted octanol–water partition coefficient (Wildman–Crippen LogP) is 5.47. The highest BCUT2D eigenvalue weighted by atomic mass is 19.4. The van der Waals surface area contributed by atoms with E-state index in [2.05, 4.69) is 19.9 Å². The minimum atomic E-state index is -4.73. The number of carbonyl (C=O) groups excluding carboxylic acids is 1. The van der Waals surface area contributed by atoms with Crippen LogP contribution in [0.4, 0.5) is 24.8 Å². The third-order valence-corrected chi connectivity index (χ3v) is 7.36. The monoisotopic (exact) mass is 527 g/mol. The molecule has 5 rings (SSSR count). The normalized spacial score (nSPS) is 17.2. The Balaban J connectivity index is 1.17. The molecule has 2 aliphatic rings. The van der Waals surface area contributed by atoms with Gasteiger partial charge in [0.2, 0.25) is 11.9 Å². The summed E-state index contributed by atoms with van der Waals surface area (Å²) < 4.78 is 40.8. The van der Waals surface area contributed by atoms with E-state index in [1.807, 2.05) is 25.1 Å². The third-order valence-electron chi connectivity index (χ3n) is 7.36. The zero-order valence-corrected chi connectivity index (χ0v) is 21.4. The number of alkyl halides is 3. The number of nitrogens with one attached hydrogen (secondary N) is 1. The van der Waals surface area contributed by atoms with Gasteiger partial charge < -0.3 is 19.9 Å². The number of amides is 1. The molecule has 3 aromatic rings. The van der Waals surface area contributed by atoms with Crippen molar-refractivity contribution in [1.82, 2.24) is 14.9 Å². The highest BCUT2D eigenvalue weighted by Gasteiger charge is 2.31. The first-order valence-electron chi connectivity index (χ1n) is 13.2. The molecular weight excluding hydrogens is 495 g/mol. The number of benzene rings is 2. The highest BCUT2D eigenvalue weighted by molar-refractivity contribution is 5.94. The van der Waals surface area contributed by atoms with Gasteiger partial charge in [0.1, 0.15) is 5.75 Å². The van der Waals surface area contributed by atoms with Gasteiger partial charge in [0.05, 0.1) is 11.2 Å². The maximum absolute atomic E-state index is 12.5. The van der Waals surface area contributed by atoms with Crippen LogP contribution in [0.15, 0.2) is 42.5 Å². The predicted molar refractivity (Wildman–Crippen MR) is 140 cm³/mol. The topological polar surface area (TPSA) is 70.6 Å². The Hall–Kier alpha value is -3.40. The molecule has 7 nitrogen and oxygen atoms in total.